The van der Waals surface area contributed by atoms with E-state index in [1.165, 1.54) is 5.56 Å². The molecule has 3 nitrogen and oxygen atoms in total. The van der Waals surface area contributed by atoms with Gasteiger partial charge >= 0.3 is 0 Å². The zero-order chi connectivity index (χ0) is 13.1. The number of rotatable bonds is 4. The third-order valence-electron chi connectivity index (χ3n) is 2.60. The standard InChI is InChI=1S/C13H16ClN3S/c1-9-7-13(17(2)16-9)18-12-4-3-10(5-6-15)8-11(12)14/h3-4,7-8H,5-6,15H2,1-2H3. The molecule has 0 saturated carbocycles. The Morgan fingerprint density at radius 3 is 2.72 bits per heavy atom. The fourth-order valence-electron chi connectivity index (χ4n) is 1.74. The van der Waals surface area contributed by atoms with Crippen LogP contribution < -0.4 is 5.73 Å². The van der Waals surface area contributed by atoms with Crippen molar-refractivity contribution in [3.05, 3.63) is 40.5 Å². The molecular weight excluding hydrogens is 266 g/mol. The van der Waals surface area contributed by atoms with E-state index >= 15 is 0 Å². The van der Waals surface area contributed by atoms with E-state index in [-0.39, 0.29) is 0 Å². The van der Waals surface area contributed by atoms with Crippen LogP contribution in [-0.2, 0) is 13.5 Å². The Morgan fingerprint density at radius 2 is 2.17 bits per heavy atom. The topological polar surface area (TPSA) is 43.8 Å². The normalized spacial score (nSPS) is 10.9. The van der Waals surface area contributed by atoms with Crippen LogP contribution >= 0.6 is 23.4 Å². The van der Waals surface area contributed by atoms with Crippen LogP contribution in [0.2, 0.25) is 5.02 Å². The van der Waals surface area contributed by atoms with Gasteiger partial charge in [-0.05, 0) is 43.7 Å². The fourth-order valence-corrected chi connectivity index (χ4v) is 2.98. The maximum Gasteiger partial charge on any atom is 0.0987 e. The Bertz CT molecular complexity index is 551. The number of nitrogens with zero attached hydrogens (tertiary/aromatic N) is 2. The molecule has 0 spiro atoms. The lowest BCUT2D eigenvalue weighted by Crippen LogP contribution is -2.02. The van der Waals surface area contributed by atoms with Crippen molar-refractivity contribution in [2.24, 2.45) is 12.8 Å². The summed E-state index contributed by atoms with van der Waals surface area (Å²) in [6.45, 7) is 2.62. The van der Waals surface area contributed by atoms with Crippen LogP contribution in [0, 0.1) is 6.92 Å². The maximum atomic E-state index is 6.28. The van der Waals surface area contributed by atoms with Crippen LogP contribution in [-0.4, -0.2) is 16.3 Å². The first-order valence-corrected chi connectivity index (χ1v) is 6.96. The molecule has 1 aromatic heterocycles. The highest BCUT2D eigenvalue weighted by Gasteiger charge is 2.08. The average Bonchev–Trinajstić information content (AvgIpc) is 2.62. The SMILES string of the molecule is Cc1cc(Sc2ccc(CCN)cc2Cl)n(C)n1. The van der Waals surface area contributed by atoms with Crippen LogP contribution in [0.5, 0.6) is 0 Å². The van der Waals surface area contributed by atoms with Crippen molar-refractivity contribution in [2.45, 2.75) is 23.3 Å². The Balaban J connectivity index is 2.21. The quantitative estimate of drug-likeness (QED) is 0.937. The Hall–Kier alpha value is -0.970. The van der Waals surface area contributed by atoms with E-state index in [0.29, 0.717) is 6.54 Å². The van der Waals surface area contributed by atoms with Crippen LogP contribution in [0.4, 0.5) is 0 Å². The summed E-state index contributed by atoms with van der Waals surface area (Å²) in [6, 6.07) is 8.15. The second-order valence-corrected chi connectivity index (χ2v) is 5.62. The molecule has 0 radical (unpaired) electrons. The number of benzene rings is 1. The van der Waals surface area contributed by atoms with Gasteiger partial charge in [-0.3, -0.25) is 4.68 Å². The molecular formula is C13H16ClN3S. The summed E-state index contributed by atoms with van der Waals surface area (Å²) in [5.74, 6) is 0. The first kappa shape index (κ1) is 13.5. The van der Waals surface area contributed by atoms with Gasteiger partial charge < -0.3 is 5.73 Å². The van der Waals surface area contributed by atoms with Crippen molar-refractivity contribution < 1.29 is 0 Å². The summed E-state index contributed by atoms with van der Waals surface area (Å²) < 4.78 is 1.87. The molecule has 18 heavy (non-hydrogen) atoms. The van der Waals surface area contributed by atoms with Crippen molar-refractivity contribution in [3.8, 4) is 0 Å². The lowest BCUT2D eigenvalue weighted by Gasteiger charge is -2.06. The highest BCUT2D eigenvalue weighted by atomic mass is 35.5. The van der Waals surface area contributed by atoms with Gasteiger partial charge in [0, 0.05) is 11.9 Å². The number of nitrogens with two attached hydrogens (primary N) is 1. The van der Waals surface area contributed by atoms with Crippen LogP contribution in [0.15, 0.2) is 34.2 Å². The van der Waals surface area contributed by atoms with E-state index in [1.807, 2.05) is 30.8 Å². The third-order valence-corrected chi connectivity index (χ3v) is 4.19. The minimum atomic E-state index is 0.643. The zero-order valence-electron chi connectivity index (χ0n) is 10.5. The molecule has 1 heterocycles. The van der Waals surface area contributed by atoms with Crippen LogP contribution in [0.3, 0.4) is 0 Å². The molecule has 0 fully saturated rings. The number of halogens is 1. The first-order chi connectivity index (χ1) is 8.60. The molecule has 0 saturated heterocycles. The maximum absolute atomic E-state index is 6.28. The van der Waals surface area contributed by atoms with Crippen LogP contribution in [0.25, 0.3) is 0 Å². The van der Waals surface area contributed by atoms with E-state index < -0.39 is 0 Å². The second kappa shape index (κ2) is 5.78. The van der Waals surface area contributed by atoms with Crippen molar-refractivity contribution in [1.29, 1.82) is 0 Å². The highest BCUT2D eigenvalue weighted by molar-refractivity contribution is 7.99. The van der Waals surface area contributed by atoms with E-state index in [4.69, 9.17) is 17.3 Å². The van der Waals surface area contributed by atoms with Gasteiger partial charge in [0.2, 0.25) is 0 Å². The first-order valence-electron chi connectivity index (χ1n) is 5.77. The smallest absolute Gasteiger partial charge is 0.0987 e. The van der Waals surface area contributed by atoms with Gasteiger partial charge in [-0.1, -0.05) is 29.4 Å². The molecule has 0 atom stereocenters. The molecule has 0 aliphatic heterocycles. The van der Waals surface area contributed by atoms with Gasteiger partial charge in [-0.25, -0.2) is 0 Å². The summed E-state index contributed by atoms with van der Waals surface area (Å²) in [7, 11) is 1.94. The molecule has 0 bridgehead atoms. The van der Waals surface area contributed by atoms with Crippen molar-refractivity contribution in [1.82, 2.24) is 9.78 Å². The van der Waals surface area contributed by atoms with Crippen molar-refractivity contribution in [2.75, 3.05) is 6.54 Å². The van der Waals surface area contributed by atoms with E-state index in [9.17, 15) is 0 Å². The monoisotopic (exact) mass is 281 g/mol. The Kier molecular flexibility index (Phi) is 4.32. The van der Waals surface area contributed by atoms with Crippen molar-refractivity contribution in [3.63, 3.8) is 0 Å². The van der Waals surface area contributed by atoms with E-state index in [1.54, 1.807) is 11.8 Å². The lowest BCUT2D eigenvalue weighted by molar-refractivity contribution is 0.692. The number of hydrogen-bond acceptors (Lipinski definition) is 3. The molecule has 0 unspecified atom stereocenters. The van der Waals surface area contributed by atoms with Gasteiger partial charge in [0.15, 0.2) is 0 Å². The summed E-state index contributed by atoms with van der Waals surface area (Å²) in [5.41, 5.74) is 7.72. The summed E-state index contributed by atoms with van der Waals surface area (Å²) >= 11 is 7.91. The number of aromatic nitrogens is 2. The number of aryl methyl sites for hydroxylation is 2. The van der Waals surface area contributed by atoms with Crippen LogP contribution in [0.1, 0.15) is 11.3 Å². The van der Waals surface area contributed by atoms with E-state index in [0.717, 1.165) is 27.1 Å². The molecule has 2 aromatic rings. The van der Waals surface area contributed by atoms with Gasteiger partial charge in [0.25, 0.3) is 0 Å². The molecule has 0 amide bonds. The molecule has 1 aromatic carbocycles. The molecule has 5 heteroatoms. The molecule has 96 valence electrons. The van der Waals surface area contributed by atoms with E-state index in [2.05, 4.69) is 17.2 Å². The lowest BCUT2D eigenvalue weighted by atomic mass is 10.1. The molecule has 2 N–H and O–H groups in total. The third kappa shape index (κ3) is 3.07. The summed E-state index contributed by atoms with van der Waals surface area (Å²) in [6.07, 6.45) is 0.857. The van der Waals surface area contributed by atoms with Gasteiger partial charge in [0.1, 0.15) is 0 Å². The predicted molar refractivity (Wildman–Crippen MR) is 76.3 cm³/mol. The summed E-state index contributed by atoms with van der Waals surface area (Å²) in [5, 5.41) is 6.17. The fraction of sp³-hybridized carbons (Fsp3) is 0.308. The van der Waals surface area contributed by atoms with Gasteiger partial charge in [0.05, 0.1) is 15.7 Å². The minimum Gasteiger partial charge on any atom is -0.330 e. The Morgan fingerprint density at radius 1 is 1.39 bits per heavy atom. The highest BCUT2D eigenvalue weighted by Crippen LogP contribution is 2.33. The van der Waals surface area contributed by atoms with Crippen molar-refractivity contribution >= 4 is 23.4 Å². The predicted octanol–water partition coefficient (Wildman–Crippen LogP) is 3.03. The van der Waals surface area contributed by atoms with Gasteiger partial charge in [-0.2, -0.15) is 5.10 Å². The zero-order valence-corrected chi connectivity index (χ0v) is 12.1. The minimum absolute atomic E-state index is 0.643. The summed E-state index contributed by atoms with van der Waals surface area (Å²) in [4.78, 5) is 1.04. The molecule has 0 aliphatic carbocycles. The Labute approximate surface area is 116 Å². The largest absolute Gasteiger partial charge is 0.330 e. The second-order valence-electron chi connectivity index (χ2n) is 4.15. The average molecular weight is 282 g/mol. The number of hydrogen-bond donors (Lipinski definition) is 1. The van der Waals surface area contributed by atoms with Gasteiger partial charge in [-0.15, -0.1) is 0 Å². The molecule has 0 aliphatic rings. The molecule has 2 rings (SSSR count).